The second kappa shape index (κ2) is 5.40. The van der Waals surface area contributed by atoms with Crippen LogP contribution in [0.5, 0.6) is 0 Å². The summed E-state index contributed by atoms with van der Waals surface area (Å²) in [5, 5.41) is 5.53. The fraction of sp³-hybridized carbons (Fsp3) is 0.455. The number of amides is 2. The molecule has 8 heteroatoms. The number of piperazine rings is 1. The molecule has 2 heterocycles. The zero-order valence-corrected chi connectivity index (χ0v) is 11.4. The van der Waals surface area contributed by atoms with Crippen LogP contribution in [0.3, 0.4) is 0 Å². The maximum absolute atomic E-state index is 11.6. The molecule has 1 aromatic heterocycles. The van der Waals surface area contributed by atoms with Gasteiger partial charge in [-0.05, 0) is 13.8 Å². The Labute approximate surface area is 115 Å². The van der Waals surface area contributed by atoms with Crippen LogP contribution in [-0.2, 0) is 9.59 Å². The van der Waals surface area contributed by atoms with Crippen molar-refractivity contribution in [2.75, 3.05) is 23.3 Å². The molecule has 1 unspecified atom stereocenters. The fourth-order valence-electron chi connectivity index (χ4n) is 1.78. The van der Waals surface area contributed by atoms with E-state index in [1.165, 1.54) is 6.20 Å². The van der Waals surface area contributed by atoms with Crippen molar-refractivity contribution in [1.82, 2.24) is 15.3 Å². The van der Waals surface area contributed by atoms with E-state index in [0.717, 1.165) is 0 Å². The van der Waals surface area contributed by atoms with Gasteiger partial charge in [0.15, 0.2) is 5.82 Å². The van der Waals surface area contributed by atoms with E-state index in [1.54, 1.807) is 11.8 Å². The molecule has 1 fully saturated rings. The van der Waals surface area contributed by atoms with Crippen LogP contribution in [0.4, 0.5) is 11.8 Å². The maximum atomic E-state index is 11.6. The SMILES string of the molecule is CCNc1ncc(Cl)c(N2CC(=O)NC(=O)C2C)n1. The van der Waals surface area contributed by atoms with Crippen LogP contribution in [0.1, 0.15) is 13.8 Å². The molecular formula is C11H14ClN5O2. The lowest BCUT2D eigenvalue weighted by Crippen LogP contribution is -2.57. The highest BCUT2D eigenvalue weighted by Gasteiger charge is 2.32. The van der Waals surface area contributed by atoms with E-state index in [2.05, 4.69) is 20.6 Å². The molecule has 0 aromatic carbocycles. The van der Waals surface area contributed by atoms with Gasteiger partial charge in [0, 0.05) is 6.54 Å². The van der Waals surface area contributed by atoms with Crippen molar-refractivity contribution < 1.29 is 9.59 Å². The van der Waals surface area contributed by atoms with Gasteiger partial charge < -0.3 is 10.2 Å². The van der Waals surface area contributed by atoms with Crippen LogP contribution < -0.4 is 15.5 Å². The first-order valence-corrected chi connectivity index (χ1v) is 6.27. The van der Waals surface area contributed by atoms with Crippen molar-refractivity contribution in [3.05, 3.63) is 11.2 Å². The number of anilines is 2. The Hall–Kier alpha value is -1.89. The monoisotopic (exact) mass is 283 g/mol. The standard InChI is InChI=1S/C11H14ClN5O2/c1-3-13-11-14-4-7(12)9(16-11)17-5-8(18)15-10(19)6(17)2/h4,6H,3,5H2,1-2H3,(H,13,14,16)(H,15,18,19). The summed E-state index contributed by atoms with van der Waals surface area (Å²) >= 11 is 6.05. The quantitative estimate of drug-likeness (QED) is 0.782. The number of hydrogen-bond acceptors (Lipinski definition) is 6. The molecular weight excluding hydrogens is 270 g/mol. The van der Waals surface area contributed by atoms with Gasteiger partial charge >= 0.3 is 0 Å². The lowest BCUT2D eigenvalue weighted by molar-refractivity contribution is -0.132. The fourth-order valence-corrected chi connectivity index (χ4v) is 1.98. The van der Waals surface area contributed by atoms with Crippen LogP contribution in [0.15, 0.2) is 6.20 Å². The van der Waals surface area contributed by atoms with Crippen molar-refractivity contribution in [2.24, 2.45) is 0 Å². The van der Waals surface area contributed by atoms with Crippen molar-refractivity contribution in [3.63, 3.8) is 0 Å². The Morgan fingerprint density at radius 1 is 1.58 bits per heavy atom. The molecule has 0 bridgehead atoms. The molecule has 0 spiro atoms. The Balaban J connectivity index is 2.36. The van der Waals surface area contributed by atoms with Gasteiger partial charge in [-0.1, -0.05) is 11.6 Å². The molecule has 19 heavy (non-hydrogen) atoms. The lowest BCUT2D eigenvalue weighted by atomic mass is 10.2. The third-order valence-corrected chi connectivity index (χ3v) is 3.02. The molecule has 7 nitrogen and oxygen atoms in total. The molecule has 1 aromatic rings. The topological polar surface area (TPSA) is 87.2 Å². The molecule has 2 amide bonds. The second-order valence-corrected chi connectivity index (χ2v) is 4.52. The predicted octanol–water partition coefficient (Wildman–Crippen LogP) is 0.413. The number of nitrogens with one attached hydrogen (secondary N) is 2. The molecule has 2 rings (SSSR count). The number of rotatable bonds is 3. The summed E-state index contributed by atoms with van der Waals surface area (Å²) in [4.78, 5) is 32.9. The summed E-state index contributed by atoms with van der Waals surface area (Å²) in [5.74, 6) is 0.0505. The summed E-state index contributed by atoms with van der Waals surface area (Å²) < 4.78 is 0. The minimum atomic E-state index is -0.514. The maximum Gasteiger partial charge on any atom is 0.249 e. The van der Waals surface area contributed by atoms with E-state index in [0.29, 0.717) is 23.3 Å². The highest BCUT2D eigenvalue weighted by Crippen LogP contribution is 2.26. The number of nitrogens with zero attached hydrogens (tertiary/aromatic N) is 3. The first kappa shape index (κ1) is 13.5. The molecule has 1 aliphatic heterocycles. The zero-order chi connectivity index (χ0) is 14.0. The number of hydrogen-bond donors (Lipinski definition) is 2. The van der Waals surface area contributed by atoms with Crippen LogP contribution in [0.2, 0.25) is 5.02 Å². The van der Waals surface area contributed by atoms with Crippen molar-refractivity contribution in [2.45, 2.75) is 19.9 Å². The Kier molecular flexibility index (Phi) is 3.84. The molecule has 1 saturated heterocycles. The van der Waals surface area contributed by atoms with E-state index in [4.69, 9.17) is 11.6 Å². The largest absolute Gasteiger partial charge is 0.354 e. The van der Waals surface area contributed by atoms with Crippen molar-refractivity contribution in [1.29, 1.82) is 0 Å². The first-order chi connectivity index (χ1) is 9.02. The van der Waals surface area contributed by atoms with E-state index >= 15 is 0 Å². The van der Waals surface area contributed by atoms with Crippen LogP contribution in [0.25, 0.3) is 0 Å². The van der Waals surface area contributed by atoms with E-state index in [9.17, 15) is 9.59 Å². The highest BCUT2D eigenvalue weighted by molar-refractivity contribution is 6.33. The summed E-state index contributed by atoms with van der Waals surface area (Å²) in [6, 6.07) is -0.514. The summed E-state index contributed by atoms with van der Waals surface area (Å²) in [6.07, 6.45) is 1.45. The van der Waals surface area contributed by atoms with E-state index in [1.807, 2.05) is 6.92 Å². The van der Waals surface area contributed by atoms with Gasteiger partial charge in [0.2, 0.25) is 17.8 Å². The molecule has 2 N–H and O–H groups in total. The molecule has 1 atom stereocenters. The van der Waals surface area contributed by atoms with Gasteiger partial charge in [-0.25, -0.2) is 4.98 Å². The average molecular weight is 284 g/mol. The Morgan fingerprint density at radius 3 is 3.00 bits per heavy atom. The van der Waals surface area contributed by atoms with Crippen molar-refractivity contribution in [3.8, 4) is 0 Å². The minimum Gasteiger partial charge on any atom is -0.354 e. The smallest absolute Gasteiger partial charge is 0.249 e. The molecule has 102 valence electrons. The predicted molar refractivity (Wildman–Crippen MR) is 71.2 cm³/mol. The van der Waals surface area contributed by atoms with Gasteiger partial charge in [0.25, 0.3) is 0 Å². The van der Waals surface area contributed by atoms with Gasteiger partial charge in [0.1, 0.15) is 11.1 Å². The number of imide groups is 1. The van der Waals surface area contributed by atoms with Gasteiger partial charge in [-0.15, -0.1) is 0 Å². The number of carbonyl (C=O) groups excluding carboxylic acids is 2. The molecule has 0 aliphatic carbocycles. The van der Waals surface area contributed by atoms with Crippen LogP contribution in [0, 0.1) is 0 Å². The highest BCUT2D eigenvalue weighted by atomic mass is 35.5. The number of aromatic nitrogens is 2. The molecule has 0 radical (unpaired) electrons. The average Bonchev–Trinajstić information content (AvgIpc) is 2.36. The summed E-state index contributed by atoms with van der Waals surface area (Å²) in [5.41, 5.74) is 0. The summed E-state index contributed by atoms with van der Waals surface area (Å²) in [7, 11) is 0. The first-order valence-electron chi connectivity index (χ1n) is 5.89. The Morgan fingerprint density at radius 2 is 2.32 bits per heavy atom. The normalized spacial score (nSPS) is 19.3. The van der Waals surface area contributed by atoms with Crippen molar-refractivity contribution >= 4 is 35.2 Å². The summed E-state index contributed by atoms with van der Waals surface area (Å²) in [6.45, 7) is 4.30. The van der Waals surface area contributed by atoms with Gasteiger partial charge in [0.05, 0.1) is 12.7 Å². The number of halogens is 1. The Bertz CT molecular complexity index is 522. The lowest BCUT2D eigenvalue weighted by Gasteiger charge is -2.33. The van der Waals surface area contributed by atoms with E-state index < -0.39 is 6.04 Å². The molecule has 0 saturated carbocycles. The van der Waals surface area contributed by atoms with Gasteiger partial charge in [-0.2, -0.15) is 4.98 Å². The van der Waals surface area contributed by atoms with E-state index in [-0.39, 0.29) is 18.4 Å². The van der Waals surface area contributed by atoms with Gasteiger partial charge in [-0.3, -0.25) is 14.9 Å². The minimum absolute atomic E-state index is 0.0369. The second-order valence-electron chi connectivity index (χ2n) is 4.11. The van der Waals surface area contributed by atoms with Crippen LogP contribution in [-0.4, -0.2) is 40.9 Å². The third kappa shape index (κ3) is 2.76. The third-order valence-electron chi connectivity index (χ3n) is 2.76. The number of carbonyl (C=O) groups is 2. The zero-order valence-electron chi connectivity index (χ0n) is 10.6. The van der Waals surface area contributed by atoms with Crippen LogP contribution >= 0.6 is 11.6 Å². The molecule has 1 aliphatic rings.